The quantitative estimate of drug-likeness (QED) is 0.110. The van der Waals surface area contributed by atoms with Crippen molar-refractivity contribution < 1.29 is 32.5 Å². The average molecular weight is 422 g/mol. The van der Waals surface area contributed by atoms with Gasteiger partial charge in [-0.2, -0.15) is 0 Å². The monoisotopic (exact) mass is 421 g/mol. The maximum Gasteiger partial charge on any atom is 0.333 e. The molecule has 0 aromatic heterocycles. The second-order valence-electron chi connectivity index (χ2n) is 7.33. The number of hydrogen-bond acceptors (Lipinski definition) is 6. The Bertz CT molecular complexity index is 480. The number of quaternary nitrogens is 1. The molecule has 0 N–H and O–H groups in total. The number of carbonyl (C=O) groups is 1. The normalized spacial score (nSPS) is 13.9. The van der Waals surface area contributed by atoms with Crippen LogP contribution in [0, 0.1) is 0 Å². The Balaban J connectivity index is 4.09. The minimum Gasteiger partial charge on any atom is -0.756 e. The van der Waals surface area contributed by atoms with Crippen LogP contribution in [-0.4, -0.2) is 56.5 Å². The summed E-state index contributed by atoms with van der Waals surface area (Å²) in [5, 5.41) is 0. The molecule has 7 nitrogen and oxygen atoms in total. The van der Waals surface area contributed by atoms with Crippen molar-refractivity contribution in [2.75, 3.05) is 46.0 Å². The summed E-state index contributed by atoms with van der Waals surface area (Å²) in [6.07, 6.45) is 5.02. The molecule has 0 aromatic carbocycles. The minimum atomic E-state index is -4.28. The molecule has 0 aliphatic rings. The van der Waals surface area contributed by atoms with Crippen LogP contribution in [0.25, 0.3) is 0 Å². The first kappa shape index (κ1) is 27.3. The molecule has 1 atom stereocenters. The van der Waals surface area contributed by atoms with Crippen molar-refractivity contribution in [3.63, 3.8) is 0 Å². The highest BCUT2D eigenvalue weighted by Crippen LogP contribution is 2.38. The van der Waals surface area contributed by atoms with Crippen molar-refractivity contribution in [2.45, 2.75) is 66.2 Å². The number of unbranched alkanes of at least 4 members (excludes halogenated alkanes) is 1. The Morgan fingerprint density at radius 2 is 1.36 bits per heavy atom. The van der Waals surface area contributed by atoms with Gasteiger partial charge in [-0.05, 0) is 39.0 Å². The predicted molar refractivity (Wildman–Crippen MR) is 110 cm³/mol. The van der Waals surface area contributed by atoms with Crippen LogP contribution in [0.1, 0.15) is 66.2 Å². The highest BCUT2D eigenvalue weighted by Gasteiger charge is 2.24. The molecule has 0 bridgehead atoms. The number of ether oxygens (including phenoxy) is 1. The van der Waals surface area contributed by atoms with E-state index in [2.05, 4.69) is 27.4 Å². The van der Waals surface area contributed by atoms with Crippen LogP contribution < -0.4 is 4.89 Å². The number of phosphoric acid groups is 1. The SMILES string of the molecule is C=C(C)C(=O)OCCCCOP(=O)([O-])OCCC[N+](CCC)(CCC)CCC. The fraction of sp³-hybridized carbons (Fsp3) is 0.850. The molecular formula is C20H40NO6P. The standard InChI is InChI=1S/C20H40NO6P/c1-6-12-21(13-7-2,14-8-3)15-11-18-27-28(23,24)26-17-10-9-16-25-20(22)19(4)5/h4,6-18H2,1-3,5H3. The molecule has 0 aliphatic carbocycles. The van der Waals surface area contributed by atoms with Gasteiger partial charge in [0.15, 0.2) is 0 Å². The summed E-state index contributed by atoms with van der Waals surface area (Å²) in [7, 11) is -4.28. The van der Waals surface area contributed by atoms with E-state index < -0.39 is 13.8 Å². The van der Waals surface area contributed by atoms with Gasteiger partial charge in [0.25, 0.3) is 7.82 Å². The molecule has 0 saturated carbocycles. The van der Waals surface area contributed by atoms with E-state index in [9.17, 15) is 14.3 Å². The van der Waals surface area contributed by atoms with Crippen molar-refractivity contribution in [1.29, 1.82) is 0 Å². The van der Waals surface area contributed by atoms with E-state index in [1.807, 2.05) is 0 Å². The summed E-state index contributed by atoms with van der Waals surface area (Å²) in [4.78, 5) is 23.0. The van der Waals surface area contributed by atoms with Gasteiger partial charge in [-0.3, -0.25) is 4.57 Å². The number of hydrogen-bond donors (Lipinski definition) is 0. The van der Waals surface area contributed by atoms with Crippen LogP contribution in [0.2, 0.25) is 0 Å². The average Bonchev–Trinajstić information content (AvgIpc) is 2.62. The van der Waals surface area contributed by atoms with Gasteiger partial charge in [0.1, 0.15) is 0 Å². The molecule has 0 aromatic rings. The Hall–Kier alpha value is -0.720. The van der Waals surface area contributed by atoms with Gasteiger partial charge in [0.05, 0.1) is 46.0 Å². The number of phosphoric ester groups is 1. The second kappa shape index (κ2) is 15.2. The molecule has 1 unspecified atom stereocenters. The first-order valence-corrected chi connectivity index (χ1v) is 12.0. The van der Waals surface area contributed by atoms with E-state index in [0.717, 1.165) is 49.9 Å². The molecule has 0 fully saturated rings. The summed E-state index contributed by atoms with van der Waals surface area (Å²) in [6, 6.07) is 0. The molecular weight excluding hydrogens is 381 g/mol. The van der Waals surface area contributed by atoms with Crippen LogP contribution in [0.3, 0.4) is 0 Å². The lowest BCUT2D eigenvalue weighted by molar-refractivity contribution is -0.928. The fourth-order valence-electron chi connectivity index (χ4n) is 3.38. The zero-order valence-corrected chi connectivity index (χ0v) is 19.1. The topological polar surface area (TPSA) is 84.9 Å². The third kappa shape index (κ3) is 12.7. The van der Waals surface area contributed by atoms with E-state index in [-0.39, 0.29) is 19.8 Å². The third-order valence-corrected chi connectivity index (χ3v) is 5.49. The van der Waals surface area contributed by atoms with Crippen molar-refractivity contribution in [3.8, 4) is 0 Å². The summed E-state index contributed by atoms with van der Waals surface area (Å²) in [6.45, 7) is 16.3. The van der Waals surface area contributed by atoms with Gasteiger partial charge in [-0.15, -0.1) is 0 Å². The molecule has 0 amide bonds. The van der Waals surface area contributed by atoms with Gasteiger partial charge in [0.2, 0.25) is 0 Å². The number of nitrogens with zero attached hydrogens (tertiary/aromatic N) is 1. The van der Waals surface area contributed by atoms with E-state index in [1.165, 1.54) is 0 Å². The first-order chi connectivity index (χ1) is 13.2. The number of carbonyl (C=O) groups excluding carboxylic acids is 1. The maximum absolute atomic E-state index is 11.8. The van der Waals surface area contributed by atoms with Crippen LogP contribution in [-0.2, 0) is 23.1 Å². The Labute approximate surface area is 171 Å². The first-order valence-electron chi connectivity index (χ1n) is 10.5. The Morgan fingerprint density at radius 3 is 1.82 bits per heavy atom. The van der Waals surface area contributed by atoms with Crippen molar-refractivity contribution in [3.05, 3.63) is 12.2 Å². The zero-order chi connectivity index (χ0) is 21.5. The molecule has 0 rings (SSSR count). The van der Waals surface area contributed by atoms with Crippen molar-refractivity contribution in [1.82, 2.24) is 0 Å². The van der Waals surface area contributed by atoms with E-state index in [1.54, 1.807) is 6.92 Å². The number of rotatable bonds is 18. The molecule has 0 saturated heterocycles. The molecule has 8 heteroatoms. The maximum atomic E-state index is 11.8. The van der Waals surface area contributed by atoms with Gasteiger partial charge in [0, 0.05) is 12.0 Å². The summed E-state index contributed by atoms with van der Waals surface area (Å²) in [5.74, 6) is -0.442. The third-order valence-electron chi connectivity index (χ3n) is 4.49. The Kier molecular flexibility index (Phi) is 14.8. The fourth-order valence-corrected chi connectivity index (χ4v) is 4.16. The second-order valence-corrected chi connectivity index (χ2v) is 8.74. The molecule has 0 radical (unpaired) electrons. The van der Waals surface area contributed by atoms with Gasteiger partial charge < -0.3 is 23.2 Å². The lowest BCUT2D eigenvalue weighted by atomic mass is 10.2. The van der Waals surface area contributed by atoms with Crippen molar-refractivity contribution in [2.24, 2.45) is 0 Å². The van der Waals surface area contributed by atoms with Gasteiger partial charge >= 0.3 is 5.97 Å². The van der Waals surface area contributed by atoms with Crippen LogP contribution >= 0.6 is 7.82 Å². The van der Waals surface area contributed by atoms with E-state index in [0.29, 0.717) is 24.8 Å². The Morgan fingerprint density at radius 1 is 0.893 bits per heavy atom. The highest BCUT2D eigenvalue weighted by molar-refractivity contribution is 7.45. The lowest BCUT2D eigenvalue weighted by Gasteiger charge is -2.38. The summed E-state index contributed by atoms with van der Waals surface area (Å²) < 4.78 is 27.7. The van der Waals surface area contributed by atoms with Crippen LogP contribution in [0.5, 0.6) is 0 Å². The van der Waals surface area contributed by atoms with Crippen LogP contribution in [0.15, 0.2) is 12.2 Å². The number of esters is 1. The van der Waals surface area contributed by atoms with E-state index in [4.69, 9.17) is 13.8 Å². The highest BCUT2D eigenvalue weighted by atomic mass is 31.2. The van der Waals surface area contributed by atoms with E-state index >= 15 is 0 Å². The van der Waals surface area contributed by atoms with Gasteiger partial charge in [-0.1, -0.05) is 27.4 Å². The molecule has 0 aliphatic heterocycles. The molecule has 166 valence electrons. The van der Waals surface area contributed by atoms with Crippen molar-refractivity contribution >= 4 is 13.8 Å². The lowest BCUT2D eigenvalue weighted by Crippen LogP contribution is -2.50. The zero-order valence-electron chi connectivity index (χ0n) is 18.2. The van der Waals surface area contributed by atoms with Crippen LogP contribution in [0.4, 0.5) is 0 Å². The summed E-state index contributed by atoms with van der Waals surface area (Å²) >= 11 is 0. The largest absolute Gasteiger partial charge is 0.756 e. The molecule has 28 heavy (non-hydrogen) atoms. The predicted octanol–water partition coefficient (Wildman–Crippen LogP) is 3.82. The minimum absolute atomic E-state index is 0.0207. The molecule has 0 heterocycles. The van der Waals surface area contributed by atoms with Gasteiger partial charge in [-0.25, -0.2) is 4.79 Å². The molecule has 0 spiro atoms. The summed E-state index contributed by atoms with van der Waals surface area (Å²) in [5.41, 5.74) is 0.341. The smallest absolute Gasteiger partial charge is 0.333 e.